The molecule has 0 radical (unpaired) electrons. The van der Waals surface area contributed by atoms with Crippen molar-refractivity contribution in [1.29, 1.82) is 0 Å². The van der Waals surface area contributed by atoms with Crippen molar-refractivity contribution >= 4 is 20.2 Å². The van der Waals surface area contributed by atoms with Gasteiger partial charge in [0.1, 0.15) is 0 Å². The molecule has 2 saturated heterocycles. The summed E-state index contributed by atoms with van der Waals surface area (Å²) in [6.07, 6.45) is 2.00. The zero-order valence-electron chi connectivity index (χ0n) is 15.9. The second-order valence-electron chi connectivity index (χ2n) is 7.88. The number of piperidine rings is 2. The van der Waals surface area contributed by atoms with Crippen LogP contribution in [-0.4, -0.2) is 57.7 Å². The molecule has 2 heterocycles. The summed E-state index contributed by atoms with van der Waals surface area (Å²) in [5.74, 6) is 0.720. The molecule has 0 aromatic heterocycles. The van der Waals surface area contributed by atoms with E-state index < -0.39 is 20.2 Å². The summed E-state index contributed by atoms with van der Waals surface area (Å²) >= 11 is 0. The molecule has 0 amide bonds. The molecule has 2 atom stereocenters. The maximum atomic E-state index is 13.0. The quantitative estimate of drug-likeness (QED) is 0.792. The fourth-order valence-corrected chi connectivity index (χ4v) is 7.26. The van der Waals surface area contributed by atoms with Gasteiger partial charge in [-0.05, 0) is 43.2 Å². The SMILES string of the molecule is CC1CC(C)CN(S(=O)(=O)N2CCC(NS(=O)(=O)c3ccccc3)CC2)C1. The van der Waals surface area contributed by atoms with Crippen LogP contribution in [0.4, 0.5) is 0 Å². The number of hydrogen-bond donors (Lipinski definition) is 1. The number of nitrogens with one attached hydrogen (secondary N) is 1. The highest BCUT2D eigenvalue weighted by atomic mass is 32.2. The highest BCUT2D eigenvalue weighted by Gasteiger charge is 2.37. The maximum Gasteiger partial charge on any atom is 0.281 e. The third-order valence-electron chi connectivity index (χ3n) is 5.32. The standard InChI is InChI=1S/C18H29N3O4S2/c1-15-12-16(2)14-21(13-15)27(24,25)20-10-8-17(9-11-20)19-26(22,23)18-6-4-3-5-7-18/h3-7,15-17,19H,8-14H2,1-2H3. The van der Waals surface area contributed by atoms with E-state index in [1.165, 1.54) is 4.31 Å². The van der Waals surface area contributed by atoms with Crippen molar-refractivity contribution in [3.05, 3.63) is 30.3 Å². The lowest BCUT2D eigenvalue weighted by atomic mass is 9.94. The van der Waals surface area contributed by atoms with Gasteiger partial charge in [0.15, 0.2) is 0 Å². The molecule has 3 rings (SSSR count). The number of rotatable bonds is 5. The Balaban J connectivity index is 1.60. The van der Waals surface area contributed by atoms with Gasteiger partial charge in [-0.1, -0.05) is 32.0 Å². The predicted molar refractivity (Wildman–Crippen MR) is 105 cm³/mol. The largest absolute Gasteiger partial charge is 0.281 e. The number of sulfonamides is 1. The topological polar surface area (TPSA) is 86.8 Å². The first-order chi connectivity index (χ1) is 12.7. The number of nitrogens with zero attached hydrogens (tertiary/aromatic N) is 2. The zero-order chi connectivity index (χ0) is 19.7. The van der Waals surface area contributed by atoms with E-state index in [2.05, 4.69) is 18.6 Å². The average Bonchev–Trinajstić information content (AvgIpc) is 2.62. The first-order valence-corrected chi connectivity index (χ1v) is 12.4. The minimum absolute atomic E-state index is 0.233. The monoisotopic (exact) mass is 415 g/mol. The zero-order valence-corrected chi connectivity index (χ0v) is 17.5. The first kappa shape index (κ1) is 20.7. The Bertz CT molecular complexity index is 825. The van der Waals surface area contributed by atoms with Gasteiger partial charge in [-0.3, -0.25) is 0 Å². The van der Waals surface area contributed by atoms with Crippen LogP contribution in [0.15, 0.2) is 35.2 Å². The van der Waals surface area contributed by atoms with Gasteiger partial charge >= 0.3 is 0 Å². The molecule has 152 valence electrons. The fourth-order valence-electron chi connectivity index (χ4n) is 4.05. The lowest BCUT2D eigenvalue weighted by molar-refractivity contribution is 0.201. The van der Waals surface area contributed by atoms with Crippen molar-refractivity contribution in [1.82, 2.24) is 13.3 Å². The second-order valence-corrected chi connectivity index (χ2v) is 11.5. The summed E-state index contributed by atoms with van der Waals surface area (Å²) in [5, 5.41) is 0. The molecular weight excluding hydrogens is 386 g/mol. The summed E-state index contributed by atoms with van der Waals surface area (Å²) in [7, 11) is -7.06. The molecule has 7 nitrogen and oxygen atoms in total. The molecule has 2 aliphatic heterocycles. The molecule has 1 aromatic carbocycles. The summed E-state index contributed by atoms with van der Waals surface area (Å²) in [6, 6.07) is 8.00. The summed E-state index contributed by atoms with van der Waals surface area (Å²) < 4.78 is 56.6. The van der Waals surface area contributed by atoms with Crippen LogP contribution in [0.1, 0.15) is 33.1 Å². The molecule has 0 aliphatic carbocycles. The lowest BCUT2D eigenvalue weighted by Gasteiger charge is -2.39. The van der Waals surface area contributed by atoms with E-state index in [1.54, 1.807) is 34.6 Å². The lowest BCUT2D eigenvalue weighted by Crippen LogP contribution is -2.53. The smallest absolute Gasteiger partial charge is 0.208 e. The molecular formula is C18H29N3O4S2. The molecule has 9 heteroatoms. The van der Waals surface area contributed by atoms with Crippen LogP contribution in [0.3, 0.4) is 0 Å². The summed E-state index contributed by atoms with van der Waals surface area (Å²) in [4.78, 5) is 0.233. The number of hydrogen-bond acceptors (Lipinski definition) is 4. The highest BCUT2D eigenvalue weighted by molar-refractivity contribution is 7.89. The molecule has 0 spiro atoms. The van der Waals surface area contributed by atoms with E-state index in [0.29, 0.717) is 50.9 Å². The Labute approximate surface area is 163 Å². The van der Waals surface area contributed by atoms with Gasteiger partial charge < -0.3 is 0 Å². The Kier molecular flexibility index (Phi) is 6.27. The van der Waals surface area contributed by atoms with E-state index >= 15 is 0 Å². The summed E-state index contributed by atoms with van der Waals surface area (Å²) in [6.45, 7) is 5.97. The molecule has 27 heavy (non-hydrogen) atoms. The molecule has 2 aliphatic rings. The fraction of sp³-hybridized carbons (Fsp3) is 0.667. The van der Waals surface area contributed by atoms with E-state index in [9.17, 15) is 16.8 Å². The first-order valence-electron chi connectivity index (χ1n) is 9.51. The van der Waals surface area contributed by atoms with E-state index in [4.69, 9.17) is 0 Å². The molecule has 0 saturated carbocycles. The van der Waals surface area contributed by atoms with Crippen LogP contribution in [0.25, 0.3) is 0 Å². The maximum absolute atomic E-state index is 13.0. The molecule has 0 bridgehead atoms. The third kappa shape index (κ3) is 4.89. The van der Waals surface area contributed by atoms with Gasteiger partial charge in [-0.15, -0.1) is 0 Å². The minimum Gasteiger partial charge on any atom is -0.208 e. The molecule has 2 unspecified atom stereocenters. The van der Waals surface area contributed by atoms with Crippen molar-refractivity contribution in [2.24, 2.45) is 11.8 Å². The molecule has 1 N–H and O–H groups in total. The average molecular weight is 416 g/mol. The van der Waals surface area contributed by atoms with E-state index in [0.717, 1.165) is 6.42 Å². The van der Waals surface area contributed by atoms with Crippen LogP contribution < -0.4 is 4.72 Å². The normalized spacial score (nSPS) is 26.9. The van der Waals surface area contributed by atoms with Crippen molar-refractivity contribution in [2.45, 2.75) is 44.0 Å². The summed E-state index contributed by atoms with van der Waals surface area (Å²) in [5.41, 5.74) is 0. The Morgan fingerprint density at radius 3 is 2.00 bits per heavy atom. The van der Waals surface area contributed by atoms with Crippen molar-refractivity contribution < 1.29 is 16.8 Å². The van der Waals surface area contributed by atoms with Crippen LogP contribution in [-0.2, 0) is 20.2 Å². The van der Waals surface area contributed by atoms with Crippen molar-refractivity contribution in [3.8, 4) is 0 Å². The minimum atomic E-state index is -3.58. The van der Waals surface area contributed by atoms with E-state index in [-0.39, 0.29) is 10.9 Å². The van der Waals surface area contributed by atoms with Crippen LogP contribution in [0, 0.1) is 11.8 Å². The molecule has 2 fully saturated rings. The van der Waals surface area contributed by atoms with Gasteiger partial charge in [0.2, 0.25) is 10.0 Å². The van der Waals surface area contributed by atoms with Gasteiger partial charge in [0, 0.05) is 32.2 Å². The van der Waals surface area contributed by atoms with E-state index in [1.807, 2.05) is 0 Å². The van der Waals surface area contributed by atoms with Crippen LogP contribution >= 0.6 is 0 Å². The van der Waals surface area contributed by atoms with Crippen LogP contribution in [0.2, 0.25) is 0 Å². The van der Waals surface area contributed by atoms with Crippen molar-refractivity contribution in [2.75, 3.05) is 26.2 Å². The van der Waals surface area contributed by atoms with Gasteiger partial charge in [-0.2, -0.15) is 17.0 Å². The predicted octanol–water partition coefficient (Wildman–Crippen LogP) is 1.65. The Hall–Kier alpha value is -1.00. The molecule has 1 aromatic rings. The Morgan fingerprint density at radius 1 is 0.889 bits per heavy atom. The van der Waals surface area contributed by atoms with Crippen LogP contribution in [0.5, 0.6) is 0 Å². The number of benzene rings is 1. The third-order valence-corrected chi connectivity index (χ3v) is 8.82. The second kappa shape index (κ2) is 8.16. The van der Waals surface area contributed by atoms with Gasteiger partial charge in [0.25, 0.3) is 10.2 Å². The van der Waals surface area contributed by atoms with Gasteiger partial charge in [0.05, 0.1) is 4.90 Å². The Morgan fingerprint density at radius 2 is 1.44 bits per heavy atom. The van der Waals surface area contributed by atoms with Crippen molar-refractivity contribution in [3.63, 3.8) is 0 Å². The van der Waals surface area contributed by atoms with Gasteiger partial charge in [-0.25, -0.2) is 13.1 Å². The highest BCUT2D eigenvalue weighted by Crippen LogP contribution is 2.26.